The second-order valence-electron chi connectivity index (χ2n) is 4.84. The van der Waals surface area contributed by atoms with Crippen molar-refractivity contribution < 1.29 is 37.5 Å². The number of Topliss-reactive ketones (excluding diaryl/α,β-unsaturated/α-hetero) is 1. The van der Waals surface area contributed by atoms with Gasteiger partial charge in [-0.2, -0.15) is 12.5 Å². The molecule has 0 rings (SSSR count). The number of unbranched alkanes of at least 4 members (excludes halogenated alkanes) is 3. The van der Waals surface area contributed by atoms with Crippen LogP contribution in [0.5, 0.6) is 0 Å². The van der Waals surface area contributed by atoms with Crippen LogP contribution >= 0.6 is 0 Å². The Morgan fingerprint density at radius 3 is 2.09 bits per heavy atom. The maximum Gasteiger partial charge on any atom is 3.00 e. The summed E-state index contributed by atoms with van der Waals surface area (Å²) in [6.45, 7) is 12.7. The number of hydrogen-bond donors (Lipinski definition) is 0. The van der Waals surface area contributed by atoms with Gasteiger partial charge in [-0.1, -0.05) is 44.1 Å². The molecule has 22 heavy (non-hydrogen) atoms. The van der Waals surface area contributed by atoms with Crippen molar-refractivity contribution >= 4 is 5.78 Å². The molecular formula is C20H32OY+. The fourth-order valence-corrected chi connectivity index (χ4v) is 1.44. The van der Waals surface area contributed by atoms with Crippen molar-refractivity contribution in [3.8, 4) is 0 Å². The maximum absolute atomic E-state index is 10.7. The van der Waals surface area contributed by atoms with Crippen LogP contribution in [0.2, 0.25) is 0 Å². The Morgan fingerprint density at radius 1 is 1.05 bits per heavy atom. The summed E-state index contributed by atoms with van der Waals surface area (Å²) in [7, 11) is 0. The summed E-state index contributed by atoms with van der Waals surface area (Å²) in [5.41, 5.74) is 0. The Bertz CT molecular complexity index is 312. The molecule has 0 aromatic carbocycles. The number of carbonyl (C=O) groups is 1. The Balaban J connectivity index is -0.000000520. The molecule has 2 heteroatoms. The van der Waals surface area contributed by atoms with Gasteiger partial charge in [0, 0.05) is 6.42 Å². The van der Waals surface area contributed by atoms with Crippen LogP contribution in [-0.2, 0) is 37.5 Å². The van der Waals surface area contributed by atoms with E-state index in [1.54, 1.807) is 6.92 Å². The topological polar surface area (TPSA) is 17.1 Å². The fraction of sp³-hybridized carbons (Fsp3) is 0.500. The molecule has 0 fully saturated rings. The summed E-state index contributed by atoms with van der Waals surface area (Å²) in [4.78, 5) is 10.7. The van der Waals surface area contributed by atoms with Crippen LogP contribution in [0.4, 0.5) is 0 Å². The third-order valence-corrected chi connectivity index (χ3v) is 2.63. The van der Waals surface area contributed by atoms with Gasteiger partial charge in [-0.25, -0.2) is 12.2 Å². The van der Waals surface area contributed by atoms with E-state index in [9.17, 15) is 4.79 Å². The molecule has 0 N–H and O–H groups in total. The zero-order valence-electron chi connectivity index (χ0n) is 14.5. The first-order valence-electron chi connectivity index (χ1n) is 7.97. The molecule has 120 valence electrons. The van der Waals surface area contributed by atoms with Gasteiger partial charge in [0.1, 0.15) is 5.78 Å². The summed E-state index contributed by atoms with van der Waals surface area (Å²) in [6.07, 6.45) is 22.1. The van der Waals surface area contributed by atoms with E-state index in [-0.39, 0.29) is 38.5 Å². The summed E-state index contributed by atoms with van der Waals surface area (Å²) >= 11 is 0. The third kappa shape index (κ3) is 31.9. The molecule has 0 aromatic heterocycles. The summed E-state index contributed by atoms with van der Waals surface area (Å²) in [6, 6.07) is 0. The normalized spacial score (nSPS) is 10.5. The minimum absolute atomic E-state index is 0. The van der Waals surface area contributed by atoms with Crippen LogP contribution in [0.25, 0.3) is 0 Å². The standard InChI is InChI=1S/C15H21O.C5H11.Y/c1-3-4-5-6-7-8-9-10-11-12-13-14-15(2)16;1-3-5-4-2;/h1,3-5,7-8,10-11H,6,9,12-14H2,2H3;1,3-5H2,2H3;/q2*-1;+3/b5-4+,8-7+,11-10+;;. The number of hydrogen-bond acceptors (Lipinski definition) is 1. The first kappa shape index (κ1) is 26.6. The van der Waals surface area contributed by atoms with Gasteiger partial charge in [0.05, 0.1) is 0 Å². The molecule has 0 aromatic rings. The average Bonchev–Trinajstić information content (AvgIpc) is 2.46. The second-order valence-corrected chi connectivity index (χ2v) is 4.84. The first-order valence-corrected chi connectivity index (χ1v) is 7.97. The molecule has 1 nitrogen and oxygen atoms in total. The van der Waals surface area contributed by atoms with Crippen molar-refractivity contribution in [3.63, 3.8) is 0 Å². The van der Waals surface area contributed by atoms with Crippen molar-refractivity contribution in [2.45, 2.75) is 65.2 Å². The molecule has 0 spiro atoms. The van der Waals surface area contributed by atoms with Gasteiger partial charge in [-0.3, -0.25) is 6.58 Å². The molecule has 0 heterocycles. The van der Waals surface area contributed by atoms with E-state index < -0.39 is 0 Å². The maximum atomic E-state index is 10.7. The Morgan fingerprint density at radius 2 is 1.64 bits per heavy atom. The van der Waals surface area contributed by atoms with Crippen molar-refractivity contribution in [3.05, 3.63) is 56.0 Å². The van der Waals surface area contributed by atoms with E-state index in [1.807, 2.05) is 12.2 Å². The van der Waals surface area contributed by atoms with Crippen molar-refractivity contribution in [2.75, 3.05) is 0 Å². The van der Waals surface area contributed by atoms with Crippen LogP contribution < -0.4 is 0 Å². The molecule has 0 radical (unpaired) electrons. The van der Waals surface area contributed by atoms with E-state index in [0.29, 0.717) is 6.42 Å². The molecule has 0 aliphatic rings. The number of rotatable bonds is 11. The predicted molar refractivity (Wildman–Crippen MR) is 94.9 cm³/mol. The average molecular weight is 377 g/mol. The second kappa shape index (κ2) is 25.7. The Hall–Kier alpha value is -0.266. The van der Waals surface area contributed by atoms with Gasteiger partial charge in [0.15, 0.2) is 0 Å². The zero-order valence-corrected chi connectivity index (χ0v) is 17.3. The first-order chi connectivity index (χ1) is 10.2. The molecular weight excluding hydrogens is 345 g/mol. The van der Waals surface area contributed by atoms with Crippen LogP contribution in [0.1, 0.15) is 65.2 Å². The molecule has 0 amide bonds. The molecule has 0 saturated heterocycles. The summed E-state index contributed by atoms with van der Waals surface area (Å²) in [5.74, 6) is 0.275. The largest absolute Gasteiger partial charge is 3.00 e. The molecule has 0 atom stereocenters. The van der Waals surface area contributed by atoms with Gasteiger partial charge in [-0.05, 0) is 32.6 Å². The van der Waals surface area contributed by atoms with Gasteiger partial charge < -0.3 is 11.7 Å². The number of allylic oxidation sites excluding steroid dienone is 7. The van der Waals surface area contributed by atoms with Gasteiger partial charge in [0.25, 0.3) is 0 Å². The fourth-order valence-electron chi connectivity index (χ4n) is 1.44. The minimum atomic E-state index is 0. The predicted octanol–water partition coefficient (Wildman–Crippen LogP) is 6.19. The van der Waals surface area contributed by atoms with Crippen molar-refractivity contribution in [1.29, 1.82) is 0 Å². The monoisotopic (exact) mass is 377 g/mol. The van der Waals surface area contributed by atoms with E-state index >= 15 is 0 Å². The smallest absolute Gasteiger partial charge is 0.343 e. The summed E-state index contributed by atoms with van der Waals surface area (Å²) in [5, 5.41) is 0. The van der Waals surface area contributed by atoms with Gasteiger partial charge in [-0.15, -0.1) is 0 Å². The molecule has 0 unspecified atom stereocenters. The van der Waals surface area contributed by atoms with Gasteiger partial charge >= 0.3 is 32.7 Å². The zero-order chi connectivity index (χ0) is 16.2. The van der Waals surface area contributed by atoms with E-state index in [1.165, 1.54) is 18.9 Å². The van der Waals surface area contributed by atoms with E-state index in [4.69, 9.17) is 6.58 Å². The molecule has 0 saturated carbocycles. The van der Waals surface area contributed by atoms with Gasteiger partial charge in [0.2, 0.25) is 0 Å². The van der Waals surface area contributed by atoms with Crippen LogP contribution in [0.3, 0.4) is 0 Å². The van der Waals surface area contributed by atoms with Crippen molar-refractivity contribution in [2.24, 2.45) is 0 Å². The van der Waals surface area contributed by atoms with Crippen LogP contribution in [-0.4, -0.2) is 5.78 Å². The number of carbonyl (C=O) groups excluding carboxylic acids is 1. The Labute approximate surface area is 163 Å². The Kier molecular flexibility index (Phi) is 31.1. The SMILES string of the molecule is [CH-]=C/C=C/C/C=C/C/C=C/CCCC(C)=O.[CH2-]CCCC.[Y+3]. The summed E-state index contributed by atoms with van der Waals surface area (Å²) < 4.78 is 0. The number of ketones is 1. The molecule has 0 bridgehead atoms. The van der Waals surface area contributed by atoms with Crippen molar-refractivity contribution in [1.82, 2.24) is 0 Å². The van der Waals surface area contributed by atoms with E-state index in [2.05, 4.69) is 38.2 Å². The van der Waals surface area contributed by atoms with Crippen LogP contribution in [0, 0.1) is 13.5 Å². The third-order valence-electron chi connectivity index (χ3n) is 2.63. The minimum Gasteiger partial charge on any atom is -0.343 e. The van der Waals surface area contributed by atoms with Crippen LogP contribution in [0.15, 0.2) is 42.5 Å². The molecule has 0 aliphatic heterocycles. The van der Waals surface area contributed by atoms with E-state index in [0.717, 1.165) is 32.1 Å². The quantitative estimate of drug-likeness (QED) is 0.182. The molecule has 0 aliphatic carbocycles.